The van der Waals surface area contributed by atoms with Gasteiger partial charge < -0.3 is 39.2 Å². The van der Waals surface area contributed by atoms with Crippen molar-refractivity contribution < 1.29 is 51.9 Å². The van der Waals surface area contributed by atoms with E-state index in [1.807, 2.05) is 44.2 Å². The molecule has 282 valence electrons. The molecule has 2 fully saturated rings. The van der Waals surface area contributed by atoms with E-state index in [2.05, 4.69) is 5.32 Å². The van der Waals surface area contributed by atoms with Gasteiger partial charge in [-0.2, -0.15) is 4.31 Å². The number of benzene rings is 2. The molecule has 14 nitrogen and oxygen atoms in total. The van der Waals surface area contributed by atoms with Crippen LogP contribution in [-0.2, 0) is 30.7 Å². The Morgan fingerprint density at radius 3 is 2.53 bits per heavy atom. The molecular weight excluding hydrogens is 682 g/mol. The van der Waals surface area contributed by atoms with Crippen molar-refractivity contribution in [3.63, 3.8) is 0 Å². The molecule has 5 atom stereocenters. The van der Waals surface area contributed by atoms with Gasteiger partial charge in [0.1, 0.15) is 0 Å². The fraction of sp³-hybridized carbons (Fsp3) is 0.611. The zero-order valence-electron chi connectivity index (χ0n) is 29.7. The van der Waals surface area contributed by atoms with Crippen LogP contribution in [0, 0.1) is 11.3 Å². The molecule has 2 amide bonds. The lowest BCUT2D eigenvalue weighted by Crippen LogP contribution is -2.58. The number of aliphatic hydroxyl groups excluding tert-OH is 1. The van der Waals surface area contributed by atoms with Crippen LogP contribution in [0.1, 0.15) is 58.9 Å². The standard InChI is InChI=1S/C36H51N3O11S/c1-24(2)50-34(41)37-16-9-8-15-36(3,4)22-38(51(44,45)26-12-13-31-32(19-26)49-23-48-31)20-30(40)28(18-25-10-6-5-7-11-25)39(35(42)43)29-21-47-33-27(29)14-17-46-33/h5-7,10-13,19,24,27-30,33,40H,8-9,14-18,20-23H2,1-4H3,(H,37,41)(H,42,43)/t27-,28+,29-,30-,33+/m1/s1. The monoisotopic (exact) mass is 733 g/mol. The average Bonchev–Trinajstić information content (AvgIpc) is 3.82. The number of alkyl carbamates (subject to hydrolysis) is 1. The van der Waals surface area contributed by atoms with Gasteiger partial charge >= 0.3 is 12.2 Å². The number of carbonyl (C=O) groups excluding carboxylic acids is 1. The van der Waals surface area contributed by atoms with Crippen LogP contribution < -0.4 is 14.8 Å². The summed E-state index contributed by atoms with van der Waals surface area (Å²) >= 11 is 0. The van der Waals surface area contributed by atoms with Crippen molar-refractivity contribution in [2.24, 2.45) is 11.3 Å². The number of unbranched alkanes of at least 4 members (excludes halogenated alkanes) is 1. The van der Waals surface area contributed by atoms with Crippen LogP contribution in [0.3, 0.4) is 0 Å². The summed E-state index contributed by atoms with van der Waals surface area (Å²) in [6.07, 6.45) is -1.18. The molecule has 15 heteroatoms. The van der Waals surface area contributed by atoms with Crippen LogP contribution in [-0.4, -0.2) is 110 Å². The van der Waals surface area contributed by atoms with Gasteiger partial charge in [0.15, 0.2) is 17.8 Å². The number of amides is 2. The van der Waals surface area contributed by atoms with Crippen molar-refractivity contribution >= 4 is 22.2 Å². The van der Waals surface area contributed by atoms with Crippen molar-refractivity contribution in [3.8, 4) is 11.5 Å². The van der Waals surface area contributed by atoms with E-state index >= 15 is 0 Å². The van der Waals surface area contributed by atoms with Gasteiger partial charge in [0, 0.05) is 31.6 Å². The highest BCUT2D eigenvalue weighted by molar-refractivity contribution is 7.89. The molecule has 3 aliphatic heterocycles. The molecule has 5 rings (SSSR count). The lowest BCUT2D eigenvalue weighted by Gasteiger charge is -2.40. The van der Waals surface area contributed by atoms with Crippen molar-refractivity contribution in [2.75, 3.05) is 39.6 Å². The highest BCUT2D eigenvalue weighted by Gasteiger charge is 2.49. The predicted octanol–water partition coefficient (Wildman–Crippen LogP) is 4.45. The predicted molar refractivity (Wildman–Crippen MR) is 186 cm³/mol. The molecule has 3 heterocycles. The van der Waals surface area contributed by atoms with E-state index in [4.69, 9.17) is 23.7 Å². The Labute approximate surface area is 300 Å². The number of ether oxygens (including phenoxy) is 5. The number of rotatable bonds is 17. The number of sulfonamides is 1. The van der Waals surface area contributed by atoms with Gasteiger partial charge in [0.25, 0.3) is 0 Å². The van der Waals surface area contributed by atoms with E-state index < -0.39 is 52.1 Å². The summed E-state index contributed by atoms with van der Waals surface area (Å²) in [6, 6.07) is 12.0. The third-order valence-electron chi connectivity index (χ3n) is 9.54. The van der Waals surface area contributed by atoms with Gasteiger partial charge in [-0.15, -0.1) is 0 Å². The fourth-order valence-corrected chi connectivity index (χ4v) is 8.69. The number of hydrogen-bond acceptors (Lipinski definition) is 10. The number of hydrogen-bond donors (Lipinski definition) is 3. The first-order chi connectivity index (χ1) is 24.2. The topological polar surface area (TPSA) is 173 Å². The summed E-state index contributed by atoms with van der Waals surface area (Å²) in [5.74, 6) is 0.522. The molecule has 0 bridgehead atoms. The zero-order valence-corrected chi connectivity index (χ0v) is 30.5. The summed E-state index contributed by atoms with van der Waals surface area (Å²) < 4.78 is 57.7. The van der Waals surface area contributed by atoms with Crippen LogP contribution in [0.2, 0.25) is 0 Å². The summed E-state index contributed by atoms with van der Waals surface area (Å²) in [7, 11) is -4.24. The van der Waals surface area contributed by atoms with Crippen LogP contribution in [0.5, 0.6) is 11.5 Å². The second-order valence-corrected chi connectivity index (χ2v) is 16.4. The van der Waals surface area contributed by atoms with Crippen LogP contribution in [0.15, 0.2) is 53.4 Å². The quantitative estimate of drug-likeness (QED) is 0.196. The van der Waals surface area contributed by atoms with Crippen molar-refractivity contribution in [1.82, 2.24) is 14.5 Å². The Hall–Kier alpha value is -3.63. The number of carboxylic acid groups (broad SMARTS) is 1. The minimum atomic E-state index is -4.24. The molecule has 2 aromatic rings. The van der Waals surface area contributed by atoms with Crippen LogP contribution >= 0.6 is 0 Å². The molecule has 3 aliphatic rings. The van der Waals surface area contributed by atoms with E-state index in [1.54, 1.807) is 13.8 Å². The smallest absolute Gasteiger partial charge is 0.407 e. The normalized spacial score (nSPS) is 21.0. The summed E-state index contributed by atoms with van der Waals surface area (Å²) in [6.45, 7) is 8.03. The number of carbonyl (C=O) groups is 2. The maximum absolute atomic E-state index is 14.5. The minimum Gasteiger partial charge on any atom is -0.465 e. The zero-order chi connectivity index (χ0) is 36.8. The SMILES string of the molecule is CC(C)OC(=O)NCCCCC(C)(C)CN(C[C@@H](O)[C@H](Cc1ccccc1)N(C(=O)O)[C@@H]1CO[C@@H]2OCC[C@@H]21)S(=O)(=O)c1ccc2c(c1)OCO2. The largest absolute Gasteiger partial charge is 0.465 e. The molecule has 0 aliphatic carbocycles. The molecular formula is C36H51N3O11S. The van der Waals surface area contributed by atoms with E-state index in [0.717, 1.165) is 5.56 Å². The maximum atomic E-state index is 14.5. The number of nitrogens with zero attached hydrogens (tertiary/aromatic N) is 2. The Balaban J connectivity index is 1.40. The van der Waals surface area contributed by atoms with E-state index in [1.165, 1.54) is 27.4 Å². The summed E-state index contributed by atoms with van der Waals surface area (Å²) in [4.78, 5) is 26.1. The highest BCUT2D eigenvalue weighted by atomic mass is 32.2. The number of aliphatic hydroxyl groups is 1. The van der Waals surface area contributed by atoms with Gasteiger partial charge in [-0.3, -0.25) is 4.90 Å². The summed E-state index contributed by atoms with van der Waals surface area (Å²) in [5, 5.41) is 25.5. The lowest BCUT2D eigenvalue weighted by atomic mass is 9.87. The third-order valence-corrected chi connectivity index (χ3v) is 11.4. The molecule has 0 saturated carbocycles. The van der Waals surface area contributed by atoms with Crippen LogP contribution in [0.25, 0.3) is 0 Å². The number of nitrogens with one attached hydrogen (secondary N) is 1. The van der Waals surface area contributed by atoms with E-state index in [0.29, 0.717) is 50.3 Å². The molecule has 0 radical (unpaired) electrons. The first kappa shape index (κ1) is 38.6. The minimum absolute atomic E-state index is 0.0255. The first-order valence-corrected chi connectivity index (χ1v) is 19.0. The molecule has 0 aromatic heterocycles. The van der Waals surface area contributed by atoms with Gasteiger partial charge in [-0.25, -0.2) is 18.0 Å². The van der Waals surface area contributed by atoms with Gasteiger partial charge in [0.2, 0.25) is 16.8 Å². The Morgan fingerprint density at radius 2 is 1.80 bits per heavy atom. The van der Waals surface area contributed by atoms with Gasteiger partial charge in [0.05, 0.1) is 42.4 Å². The van der Waals surface area contributed by atoms with Crippen molar-refractivity contribution in [2.45, 2.75) is 95.3 Å². The molecule has 2 aromatic carbocycles. The molecule has 2 saturated heterocycles. The van der Waals surface area contributed by atoms with Crippen LogP contribution in [0.4, 0.5) is 9.59 Å². The molecule has 51 heavy (non-hydrogen) atoms. The fourth-order valence-electron chi connectivity index (χ4n) is 7.03. The molecule has 0 unspecified atom stereocenters. The highest BCUT2D eigenvalue weighted by Crippen LogP contribution is 2.38. The Morgan fingerprint density at radius 1 is 1.06 bits per heavy atom. The average molecular weight is 734 g/mol. The maximum Gasteiger partial charge on any atom is 0.407 e. The second-order valence-electron chi connectivity index (χ2n) is 14.4. The third kappa shape index (κ3) is 9.83. The van der Waals surface area contributed by atoms with Crippen molar-refractivity contribution in [1.29, 1.82) is 0 Å². The number of fused-ring (bicyclic) bond motifs is 2. The summed E-state index contributed by atoms with van der Waals surface area (Å²) in [5.41, 5.74) is 0.221. The molecule has 0 spiro atoms. The molecule has 3 N–H and O–H groups in total. The first-order valence-electron chi connectivity index (χ1n) is 17.6. The second kappa shape index (κ2) is 16.8. The van der Waals surface area contributed by atoms with Gasteiger partial charge in [-0.1, -0.05) is 50.6 Å². The lowest BCUT2D eigenvalue weighted by molar-refractivity contribution is -0.0906. The van der Waals surface area contributed by atoms with E-state index in [9.17, 15) is 28.2 Å². The Kier molecular flexibility index (Phi) is 12.7. The van der Waals surface area contributed by atoms with Gasteiger partial charge in [-0.05, 0) is 62.6 Å². The van der Waals surface area contributed by atoms with Crippen molar-refractivity contribution in [3.05, 3.63) is 54.1 Å². The Bertz CT molecular complexity index is 1590. The van der Waals surface area contributed by atoms with E-state index in [-0.39, 0.29) is 49.8 Å².